The Labute approximate surface area is 268 Å². The highest BCUT2D eigenvalue weighted by Gasteiger charge is 2.36. The maximum atomic E-state index is 14.0. The monoisotopic (exact) mass is 597 g/mol. The third-order valence-electron chi connectivity index (χ3n) is 9.60. The van der Waals surface area contributed by atoms with Crippen molar-refractivity contribution in [1.82, 2.24) is 14.1 Å². The number of aromatic nitrogens is 3. The third kappa shape index (κ3) is 4.06. The van der Waals surface area contributed by atoms with Crippen molar-refractivity contribution in [2.45, 2.75) is 39.5 Å². The van der Waals surface area contributed by atoms with Crippen LogP contribution in [0, 0.1) is 0 Å². The fourth-order valence-electron chi connectivity index (χ4n) is 7.38. The summed E-state index contributed by atoms with van der Waals surface area (Å²) in [7, 11) is 0. The average molecular weight is 598 g/mol. The van der Waals surface area contributed by atoms with Crippen LogP contribution in [-0.2, 0) is 5.41 Å². The van der Waals surface area contributed by atoms with Gasteiger partial charge in [0, 0.05) is 27.4 Å². The molecule has 4 heteroatoms. The lowest BCUT2D eigenvalue weighted by Crippen LogP contribution is -2.47. The number of fused-ring (bicyclic) bond motifs is 6. The average Bonchev–Trinajstić information content (AvgIpc) is 3.53. The van der Waals surface area contributed by atoms with Crippen molar-refractivity contribution in [1.29, 1.82) is 0 Å². The van der Waals surface area contributed by atoms with Gasteiger partial charge < -0.3 is 4.57 Å². The van der Waals surface area contributed by atoms with E-state index in [0.29, 0.717) is 16.4 Å². The standard InChI is InChI=1S/C42H35N3O/c1-5-14-32-37(6-2)43-40(45(41(32)46)28-15-8-7-9-16-28)27-21-23-29(24-22-27)44-38-20-13-11-18-31(38)34-25-33-30-17-10-12-19-35(30)42(3,4)36(33)26-39(34)44/h6-26H,5H2,1-4H3/b32-14+,37-6+. The van der Waals surface area contributed by atoms with Crippen LogP contribution in [0.5, 0.6) is 0 Å². The maximum Gasteiger partial charge on any atom is 0.265 e. The summed E-state index contributed by atoms with van der Waals surface area (Å²) in [5.74, 6) is 0.628. The van der Waals surface area contributed by atoms with Gasteiger partial charge in [0.05, 0.1) is 27.3 Å². The zero-order valence-electron chi connectivity index (χ0n) is 26.6. The van der Waals surface area contributed by atoms with Crippen LogP contribution in [0.15, 0.2) is 120 Å². The summed E-state index contributed by atoms with van der Waals surface area (Å²) in [5, 5.41) is 3.82. The summed E-state index contributed by atoms with van der Waals surface area (Å²) >= 11 is 0. The van der Waals surface area contributed by atoms with E-state index < -0.39 is 0 Å². The molecule has 0 amide bonds. The summed E-state index contributed by atoms with van der Waals surface area (Å²) in [4.78, 5) is 19.0. The Morgan fingerprint density at radius 2 is 1.39 bits per heavy atom. The van der Waals surface area contributed by atoms with Gasteiger partial charge in [-0.2, -0.15) is 0 Å². The van der Waals surface area contributed by atoms with Crippen LogP contribution in [0.4, 0.5) is 0 Å². The molecule has 0 aliphatic heterocycles. The quantitative estimate of drug-likeness (QED) is 0.205. The predicted molar refractivity (Wildman–Crippen MR) is 191 cm³/mol. The molecule has 0 saturated carbocycles. The highest BCUT2D eigenvalue weighted by atomic mass is 16.1. The zero-order chi connectivity index (χ0) is 31.6. The van der Waals surface area contributed by atoms with Gasteiger partial charge in [0.2, 0.25) is 0 Å². The van der Waals surface area contributed by atoms with Gasteiger partial charge in [0.1, 0.15) is 5.82 Å². The topological polar surface area (TPSA) is 39.8 Å². The molecule has 0 atom stereocenters. The van der Waals surface area contributed by atoms with Crippen LogP contribution >= 0.6 is 0 Å². The van der Waals surface area contributed by atoms with Crippen molar-refractivity contribution in [3.05, 3.63) is 147 Å². The van der Waals surface area contributed by atoms with Crippen LogP contribution in [-0.4, -0.2) is 14.1 Å². The van der Waals surface area contributed by atoms with Crippen molar-refractivity contribution < 1.29 is 0 Å². The van der Waals surface area contributed by atoms with Gasteiger partial charge in [-0.05, 0) is 90.2 Å². The highest BCUT2D eigenvalue weighted by Crippen LogP contribution is 2.50. The normalized spacial score (nSPS) is 14.3. The van der Waals surface area contributed by atoms with E-state index in [4.69, 9.17) is 4.98 Å². The molecule has 0 spiro atoms. The first-order chi connectivity index (χ1) is 22.4. The minimum absolute atomic E-state index is 0.0601. The molecule has 224 valence electrons. The molecule has 2 aromatic heterocycles. The Hall–Kier alpha value is -5.48. The van der Waals surface area contributed by atoms with E-state index in [1.807, 2.05) is 56.3 Å². The minimum Gasteiger partial charge on any atom is -0.309 e. The molecule has 0 N–H and O–H groups in total. The number of para-hydroxylation sites is 2. The fraction of sp³-hybridized carbons (Fsp3) is 0.143. The van der Waals surface area contributed by atoms with Gasteiger partial charge in [-0.3, -0.25) is 9.36 Å². The lowest BCUT2D eigenvalue weighted by atomic mass is 9.82. The second-order valence-electron chi connectivity index (χ2n) is 12.6. The molecule has 7 aromatic rings. The van der Waals surface area contributed by atoms with E-state index in [0.717, 1.165) is 23.4 Å². The predicted octanol–water partition coefficient (Wildman–Crippen LogP) is 8.29. The second-order valence-corrected chi connectivity index (χ2v) is 12.6. The molecule has 8 rings (SSSR count). The Bertz CT molecular complexity index is 2500. The van der Waals surface area contributed by atoms with E-state index in [9.17, 15) is 4.79 Å². The number of benzene rings is 5. The van der Waals surface area contributed by atoms with E-state index in [1.165, 1.54) is 44.1 Å². The van der Waals surface area contributed by atoms with E-state index in [2.05, 4.69) is 103 Å². The molecule has 4 nitrogen and oxygen atoms in total. The fourth-order valence-corrected chi connectivity index (χ4v) is 7.38. The SMILES string of the molecule is C/C=c1/nc(-c2ccc(-n3c4ccccc4c4cc5c(cc43)C(C)(C)c3ccccc3-5)cc2)n(-c2ccccc2)c(=O)/c1=C/CC. The summed E-state index contributed by atoms with van der Waals surface area (Å²) in [6.07, 6.45) is 4.65. The molecule has 0 saturated heterocycles. The molecule has 0 unspecified atom stereocenters. The van der Waals surface area contributed by atoms with Crippen LogP contribution in [0.1, 0.15) is 45.2 Å². The smallest absolute Gasteiger partial charge is 0.265 e. The molecule has 0 bridgehead atoms. The minimum atomic E-state index is -0.0899. The Kier molecular flexibility index (Phi) is 6.43. The zero-order valence-corrected chi connectivity index (χ0v) is 26.6. The van der Waals surface area contributed by atoms with Crippen molar-refractivity contribution in [2.24, 2.45) is 0 Å². The van der Waals surface area contributed by atoms with E-state index in [1.54, 1.807) is 4.57 Å². The lowest BCUT2D eigenvalue weighted by molar-refractivity contribution is 0.661. The Morgan fingerprint density at radius 3 is 2.15 bits per heavy atom. The van der Waals surface area contributed by atoms with E-state index >= 15 is 0 Å². The van der Waals surface area contributed by atoms with Crippen LogP contribution in [0.3, 0.4) is 0 Å². The molecule has 1 aliphatic rings. The second kappa shape index (κ2) is 10.6. The molecule has 5 aromatic carbocycles. The number of nitrogens with zero attached hydrogens (tertiary/aromatic N) is 3. The molecular formula is C42H35N3O. The molecular weight excluding hydrogens is 562 g/mol. The first-order valence-corrected chi connectivity index (χ1v) is 16.1. The lowest BCUT2D eigenvalue weighted by Gasteiger charge is -2.21. The highest BCUT2D eigenvalue weighted by molar-refractivity contribution is 6.11. The summed E-state index contributed by atoms with van der Waals surface area (Å²) < 4.78 is 4.11. The molecule has 2 heterocycles. The van der Waals surface area contributed by atoms with Gasteiger partial charge in [-0.1, -0.05) is 93.6 Å². The summed E-state index contributed by atoms with van der Waals surface area (Å²) in [6, 6.07) is 40.5. The first-order valence-electron chi connectivity index (χ1n) is 16.1. The molecule has 46 heavy (non-hydrogen) atoms. The number of hydrogen-bond donors (Lipinski definition) is 0. The summed E-state index contributed by atoms with van der Waals surface area (Å²) in [6.45, 7) is 8.64. The van der Waals surface area contributed by atoms with Crippen molar-refractivity contribution in [2.75, 3.05) is 0 Å². The van der Waals surface area contributed by atoms with Gasteiger partial charge in [-0.15, -0.1) is 0 Å². The van der Waals surface area contributed by atoms with E-state index in [-0.39, 0.29) is 11.0 Å². The summed E-state index contributed by atoms with van der Waals surface area (Å²) in [5.41, 5.74) is 10.3. The largest absolute Gasteiger partial charge is 0.309 e. The van der Waals surface area contributed by atoms with Crippen LogP contribution in [0.2, 0.25) is 0 Å². The van der Waals surface area contributed by atoms with Gasteiger partial charge in [0.25, 0.3) is 5.56 Å². The third-order valence-corrected chi connectivity index (χ3v) is 9.60. The molecule has 1 aliphatic carbocycles. The van der Waals surface area contributed by atoms with Crippen LogP contribution < -0.4 is 16.1 Å². The Balaban J connectivity index is 1.35. The first kappa shape index (κ1) is 28.0. The van der Waals surface area contributed by atoms with Gasteiger partial charge >= 0.3 is 0 Å². The van der Waals surface area contributed by atoms with Crippen molar-refractivity contribution in [3.63, 3.8) is 0 Å². The van der Waals surface area contributed by atoms with Crippen molar-refractivity contribution in [3.8, 4) is 33.9 Å². The number of hydrogen-bond acceptors (Lipinski definition) is 2. The van der Waals surface area contributed by atoms with Crippen LogP contribution in [0.25, 0.3) is 67.8 Å². The molecule has 0 fully saturated rings. The van der Waals surface area contributed by atoms with Gasteiger partial charge in [0.15, 0.2) is 0 Å². The van der Waals surface area contributed by atoms with Crippen molar-refractivity contribution >= 4 is 34.0 Å². The molecule has 0 radical (unpaired) electrons. The number of rotatable bonds is 4. The van der Waals surface area contributed by atoms with Gasteiger partial charge in [-0.25, -0.2) is 4.98 Å². The Morgan fingerprint density at radius 1 is 0.696 bits per heavy atom. The maximum absolute atomic E-state index is 14.0.